The molecule has 3 rings (SSSR count). The summed E-state index contributed by atoms with van der Waals surface area (Å²) in [7, 11) is -4.16. The van der Waals surface area contributed by atoms with E-state index in [0.717, 1.165) is 24.5 Å². The molecule has 1 N–H and O–H groups in total. The number of hydrogen-bond acceptors (Lipinski definition) is 3. The van der Waals surface area contributed by atoms with E-state index in [0.29, 0.717) is 12.8 Å². The molecule has 1 aliphatic rings. The molecule has 2 aromatic carbocycles. The van der Waals surface area contributed by atoms with Crippen LogP contribution < -0.4 is 4.72 Å². The molecule has 0 unspecified atom stereocenters. The van der Waals surface area contributed by atoms with Gasteiger partial charge in [-0.2, -0.15) is 0 Å². The molecular formula is C19H19F2NO3S. The maximum atomic E-state index is 13.8. The molecule has 0 aliphatic heterocycles. The summed E-state index contributed by atoms with van der Waals surface area (Å²) < 4.78 is 53.9. The van der Waals surface area contributed by atoms with Crippen LogP contribution in [0.5, 0.6) is 0 Å². The normalized spacial score (nSPS) is 16.4. The molecule has 0 atom stereocenters. The summed E-state index contributed by atoms with van der Waals surface area (Å²) in [6.45, 7) is 0. The highest BCUT2D eigenvalue weighted by atomic mass is 32.2. The van der Waals surface area contributed by atoms with Gasteiger partial charge in [0, 0.05) is 5.56 Å². The second-order valence-corrected chi connectivity index (χ2v) is 8.28. The molecule has 0 bridgehead atoms. The number of nitrogens with one attached hydrogen (secondary N) is 1. The molecule has 1 aliphatic carbocycles. The quantitative estimate of drug-likeness (QED) is 0.866. The average molecular weight is 379 g/mol. The number of carbonyl (C=O) groups is 1. The van der Waals surface area contributed by atoms with E-state index in [2.05, 4.69) is 4.72 Å². The molecule has 1 amide bonds. The Labute approximate surface area is 151 Å². The summed E-state index contributed by atoms with van der Waals surface area (Å²) in [6, 6.07) is 12.4. The Kier molecular flexibility index (Phi) is 5.09. The molecule has 0 saturated heterocycles. The highest BCUT2D eigenvalue weighted by Crippen LogP contribution is 2.41. The van der Waals surface area contributed by atoms with Crippen molar-refractivity contribution in [1.29, 1.82) is 0 Å². The van der Waals surface area contributed by atoms with Gasteiger partial charge in [0.1, 0.15) is 0 Å². The van der Waals surface area contributed by atoms with E-state index in [9.17, 15) is 22.0 Å². The minimum atomic E-state index is -4.16. The lowest BCUT2D eigenvalue weighted by Gasteiger charge is -2.28. The Hall–Kier alpha value is -2.28. The molecule has 2 aromatic rings. The van der Waals surface area contributed by atoms with Gasteiger partial charge in [-0.15, -0.1) is 0 Å². The minimum Gasteiger partial charge on any atom is -0.273 e. The lowest BCUT2D eigenvalue weighted by Crippen LogP contribution is -2.45. The zero-order chi connectivity index (χ0) is 18.8. The monoisotopic (exact) mass is 379 g/mol. The second kappa shape index (κ2) is 7.15. The molecular weight excluding hydrogens is 360 g/mol. The van der Waals surface area contributed by atoms with Crippen LogP contribution in [0.1, 0.15) is 36.8 Å². The highest BCUT2D eigenvalue weighted by molar-refractivity contribution is 7.89. The summed E-state index contributed by atoms with van der Waals surface area (Å²) in [5.74, 6) is -3.75. The summed E-state index contributed by atoms with van der Waals surface area (Å²) in [6.07, 6.45) is 2.74. The summed E-state index contributed by atoms with van der Waals surface area (Å²) in [4.78, 5) is 12.9. The maximum Gasteiger partial charge on any atom is 0.244 e. The largest absolute Gasteiger partial charge is 0.273 e. The first-order valence-corrected chi connectivity index (χ1v) is 10.0. The molecule has 7 heteroatoms. The Morgan fingerprint density at radius 2 is 1.65 bits per heavy atom. The van der Waals surface area contributed by atoms with Crippen molar-refractivity contribution in [2.75, 3.05) is 0 Å². The third-order valence-corrected chi connectivity index (χ3v) is 6.03. The van der Waals surface area contributed by atoms with Crippen LogP contribution in [0.2, 0.25) is 0 Å². The van der Waals surface area contributed by atoms with Crippen LogP contribution in [0.3, 0.4) is 0 Å². The number of sulfonamides is 1. The van der Waals surface area contributed by atoms with Crippen LogP contribution in [-0.2, 0) is 26.0 Å². The molecule has 138 valence electrons. The first-order chi connectivity index (χ1) is 12.3. The van der Waals surface area contributed by atoms with Gasteiger partial charge in [-0.3, -0.25) is 9.52 Å². The van der Waals surface area contributed by atoms with Gasteiger partial charge < -0.3 is 0 Å². The maximum absolute atomic E-state index is 13.8. The van der Waals surface area contributed by atoms with Gasteiger partial charge >= 0.3 is 0 Å². The van der Waals surface area contributed by atoms with Crippen LogP contribution in [0.4, 0.5) is 8.78 Å². The standard InChI is InChI=1S/C19H19F2NO3S/c20-16-10-6-7-14(17(16)21)13-26(24,25)22-18(23)19(11-4-5-12-19)15-8-2-1-3-9-15/h1-3,6-10H,4-5,11-13H2,(H,22,23). The van der Waals surface area contributed by atoms with E-state index in [-0.39, 0.29) is 5.56 Å². The molecule has 0 spiro atoms. The van der Waals surface area contributed by atoms with Crippen molar-refractivity contribution in [3.05, 3.63) is 71.3 Å². The van der Waals surface area contributed by atoms with Crippen molar-refractivity contribution in [3.63, 3.8) is 0 Å². The van der Waals surface area contributed by atoms with Crippen molar-refractivity contribution in [1.82, 2.24) is 4.72 Å². The summed E-state index contributed by atoms with van der Waals surface area (Å²) >= 11 is 0. The lowest BCUT2D eigenvalue weighted by atomic mass is 9.78. The van der Waals surface area contributed by atoms with Gasteiger partial charge in [-0.05, 0) is 24.5 Å². The van der Waals surface area contributed by atoms with Gasteiger partial charge in [-0.1, -0.05) is 55.3 Å². The van der Waals surface area contributed by atoms with Gasteiger partial charge in [0.2, 0.25) is 15.9 Å². The topological polar surface area (TPSA) is 63.2 Å². The van der Waals surface area contributed by atoms with E-state index in [1.54, 1.807) is 12.1 Å². The van der Waals surface area contributed by atoms with Crippen molar-refractivity contribution in [2.45, 2.75) is 36.9 Å². The van der Waals surface area contributed by atoms with Gasteiger partial charge in [0.05, 0.1) is 11.2 Å². The van der Waals surface area contributed by atoms with Crippen molar-refractivity contribution < 1.29 is 22.0 Å². The van der Waals surface area contributed by atoms with Gasteiger partial charge in [-0.25, -0.2) is 17.2 Å². The number of hydrogen-bond donors (Lipinski definition) is 1. The summed E-state index contributed by atoms with van der Waals surface area (Å²) in [5, 5.41) is 0. The Morgan fingerprint density at radius 1 is 1.00 bits per heavy atom. The SMILES string of the molecule is O=C(NS(=O)(=O)Cc1cccc(F)c1F)C1(c2ccccc2)CCCC1. The van der Waals surface area contributed by atoms with Crippen LogP contribution in [0.25, 0.3) is 0 Å². The van der Waals surface area contributed by atoms with E-state index in [4.69, 9.17) is 0 Å². The fourth-order valence-electron chi connectivity index (χ4n) is 3.52. The van der Waals surface area contributed by atoms with Gasteiger partial charge in [0.15, 0.2) is 11.6 Å². The average Bonchev–Trinajstić information content (AvgIpc) is 3.10. The number of rotatable bonds is 5. The van der Waals surface area contributed by atoms with Gasteiger partial charge in [0.25, 0.3) is 0 Å². The van der Waals surface area contributed by atoms with Crippen molar-refractivity contribution >= 4 is 15.9 Å². The second-order valence-electron chi connectivity index (χ2n) is 6.56. The molecule has 0 aromatic heterocycles. The number of benzene rings is 2. The third kappa shape index (κ3) is 3.62. The van der Waals surface area contributed by atoms with Crippen LogP contribution in [-0.4, -0.2) is 14.3 Å². The number of carbonyl (C=O) groups excluding carboxylic acids is 1. The van der Waals surface area contributed by atoms with E-state index in [1.807, 2.05) is 18.2 Å². The smallest absolute Gasteiger partial charge is 0.244 e. The Morgan fingerprint density at radius 3 is 2.31 bits per heavy atom. The molecule has 4 nitrogen and oxygen atoms in total. The first-order valence-electron chi connectivity index (χ1n) is 8.37. The van der Waals surface area contributed by atoms with Crippen LogP contribution >= 0.6 is 0 Å². The number of halogens is 2. The lowest BCUT2D eigenvalue weighted by molar-refractivity contribution is -0.124. The van der Waals surface area contributed by atoms with E-state index < -0.39 is 38.7 Å². The summed E-state index contributed by atoms with van der Waals surface area (Å²) in [5.41, 5.74) is -0.456. The highest BCUT2D eigenvalue weighted by Gasteiger charge is 2.44. The fraction of sp³-hybridized carbons (Fsp3) is 0.316. The molecule has 26 heavy (non-hydrogen) atoms. The Bertz CT molecular complexity index is 908. The van der Waals surface area contributed by atoms with E-state index in [1.165, 1.54) is 12.1 Å². The molecule has 1 fully saturated rings. The Balaban J connectivity index is 1.84. The van der Waals surface area contributed by atoms with Crippen LogP contribution in [0, 0.1) is 11.6 Å². The molecule has 1 saturated carbocycles. The van der Waals surface area contributed by atoms with E-state index >= 15 is 0 Å². The van der Waals surface area contributed by atoms with Crippen molar-refractivity contribution in [3.8, 4) is 0 Å². The zero-order valence-electron chi connectivity index (χ0n) is 14.0. The minimum absolute atomic E-state index is 0.314. The molecule has 0 heterocycles. The number of amides is 1. The van der Waals surface area contributed by atoms with Crippen LogP contribution in [0.15, 0.2) is 48.5 Å². The first kappa shape index (κ1) is 18.5. The predicted octanol–water partition coefficient (Wildman–Crippen LogP) is 3.42. The molecule has 0 radical (unpaired) electrons. The van der Waals surface area contributed by atoms with Crippen molar-refractivity contribution in [2.24, 2.45) is 0 Å². The zero-order valence-corrected chi connectivity index (χ0v) is 14.9. The predicted molar refractivity (Wildman–Crippen MR) is 93.7 cm³/mol. The third-order valence-electron chi connectivity index (χ3n) is 4.84. The fourth-order valence-corrected chi connectivity index (χ4v) is 4.70.